The first kappa shape index (κ1) is 15.8. The van der Waals surface area contributed by atoms with Crippen LogP contribution < -0.4 is 5.32 Å². The molecule has 5 heterocycles. The van der Waals surface area contributed by atoms with Crippen LogP contribution in [0.1, 0.15) is 19.8 Å². The number of nitrogens with one attached hydrogen (secondary N) is 1. The number of aliphatic hydroxyl groups is 1. The van der Waals surface area contributed by atoms with Gasteiger partial charge in [0, 0.05) is 17.0 Å². The largest absolute Gasteiger partial charge is 0.512 e. The molecule has 0 saturated carbocycles. The molecule has 132 valence electrons. The number of nitrogens with zero attached hydrogens (tertiary/aromatic N) is 3. The fraction of sp³-hybridized carbons (Fsp3) is 0.136. The molecule has 0 unspecified atom stereocenters. The minimum absolute atomic E-state index is 0.253. The second kappa shape index (κ2) is 6.06. The van der Waals surface area contributed by atoms with Gasteiger partial charge in [-0.25, -0.2) is 15.0 Å². The van der Waals surface area contributed by atoms with Gasteiger partial charge in [-0.05, 0) is 74.4 Å². The van der Waals surface area contributed by atoms with E-state index in [9.17, 15) is 5.11 Å². The van der Waals surface area contributed by atoms with Gasteiger partial charge in [0.05, 0.1) is 40.0 Å². The Morgan fingerprint density at radius 3 is 2.19 bits per heavy atom. The van der Waals surface area contributed by atoms with Crippen molar-refractivity contribution in [2.24, 2.45) is 15.0 Å². The maximum absolute atomic E-state index is 10.1. The van der Waals surface area contributed by atoms with Crippen LogP contribution in [0.25, 0.3) is 0 Å². The summed E-state index contributed by atoms with van der Waals surface area (Å²) in [5.41, 5.74) is 8.04. The minimum atomic E-state index is 0.253. The molecule has 5 rings (SSSR count). The maximum atomic E-state index is 10.1. The second-order valence-electron chi connectivity index (χ2n) is 6.91. The Morgan fingerprint density at radius 2 is 1.44 bits per heavy atom. The number of hydrogen-bond donors (Lipinski definition) is 2. The summed E-state index contributed by atoms with van der Waals surface area (Å²) in [6, 6.07) is 0. The van der Waals surface area contributed by atoms with E-state index in [1.807, 2.05) is 48.6 Å². The molecule has 8 bridgehead atoms. The Kier molecular flexibility index (Phi) is 3.53. The summed E-state index contributed by atoms with van der Waals surface area (Å²) >= 11 is 0. The number of hydrogen-bond acceptors (Lipinski definition) is 5. The first-order valence-electron chi connectivity index (χ1n) is 8.98. The van der Waals surface area contributed by atoms with Crippen molar-refractivity contribution < 1.29 is 5.11 Å². The predicted octanol–water partition coefficient (Wildman–Crippen LogP) is 4.11. The molecule has 5 aliphatic heterocycles. The molecule has 0 amide bonds. The van der Waals surface area contributed by atoms with E-state index in [1.165, 1.54) is 0 Å². The van der Waals surface area contributed by atoms with Gasteiger partial charge in [-0.15, -0.1) is 0 Å². The zero-order valence-corrected chi connectivity index (χ0v) is 14.9. The highest BCUT2D eigenvalue weighted by molar-refractivity contribution is 6.15. The van der Waals surface area contributed by atoms with E-state index in [0.29, 0.717) is 0 Å². The van der Waals surface area contributed by atoms with E-state index in [2.05, 4.69) is 26.4 Å². The summed E-state index contributed by atoms with van der Waals surface area (Å²) in [5, 5.41) is 13.5. The van der Waals surface area contributed by atoms with Crippen molar-refractivity contribution in [3.05, 3.63) is 94.5 Å². The third kappa shape index (κ3) is 3.08. The van der Waals surface area contributed by atoms with E-state index in [1.54, 1.807) is 6.92 Å². The quantitative estimate of drug-likeness (QED) is 0.643. The van der Waals surface area contributed by atoms with Crippen LogP contribution in [0.4, 0.5) is 0 Å². The molecule has 0 radical (unpaired) electrons. The first-order chi connectivity index (χ1) is 13.1. The molecule has 0 aromatic carbocycles. The number of rotatable bonds is 0. The van der Waals surface area contributed by atoms with Crippen molar-refractivity contribution in [2.45, 2.75) is 19.8 Å². The molecule has 0 aromatic rings. The highest BCUT2D eigenvalue weighted by Gasteiger charge is 2.19. The molecular formula is C22H18N4O. The predicted molar refractivity (Wildman–Crippen MR) is 109 cm³/mol. The van der Waals surface area contributed by atoms with E-state index < -0.39 is 0 Å². The lowest BCUT2D eigenvalue weighted by Crippen LogP contribution is -2.04. The Bertz CT molecular complexity index is 1090. The molecule has 0 spiro atoms. The van der Waals surface area contributed by atoms with Gasteiger partial charge >= 0.3 is 0 Å². The molecule has 0 atom stereocenters. The van der Waals surface area contributed by atoms with Crippen molar-refractivity contribution in [1.82, 2.24) is 5.32 Å². The standard InChI is InChI=1S/C22H18N4O/c1-13(27)21-11-20-10-18-5-4-16(24-18)8-14-2-3-15(23-14)9-17-6-7-19(25-17)12-22(21)26-20/h2-3,6-12,24,27H,4-5H2,1H3. The van der Waals surface area contributed by atoms with Crippen LogP contribution in [-0.2, 0) is 0 Å². The van der Waals surface area contributed by atoms with Crippen LogP contribution in [0.3, 0.4) is 0 Å². The smallest absolute Gasteiger partial charge is 0.0986 e. The van der Waals surface area contributed by atoms with Gasteiger partial charge in [0.2, 0.25) is 0 Å². The molecular weight excluding hydrogens is 336 g/mol. The molecule has 1 fully saturated rings. The summed E-state index contributed by atoms with van der Waals surface area (Å²) < 4.78 is 0. The molecule has 5 heteroatoms. The SMILES string of the molecule is CC(O)=C1C=C2C=C3CCC(=CC4=NC(=CC5=NC(=CC1=N2)C=C5)C=C4)N3. The lowest BCUT2D eigenvalue weighted by molar-refractivity contribution is 0.412. The van der Waals surface area contributed by atoms with Crippen LogP contribution >= 0.6 is 0 Å². The number of aliphatic hydroxyl groups excluding tert-OH is 1. The Balaban J connectivity index is 1.64. The van der Waals surface area contributed by atoms with Gasteiger partial charge in [0.25, 0.3) is 0 Å². The average Bonchev–Trinajstić information content (AvgIpc) is 3.38. The molecule has 5 aliphatic rings. The van der Waals surface area contributed by atoms with Gasteiger partial charge in [-0.2, -0.15) is 0 Å². The topological polar surface area (TPSA) is 69.3 Å². The van der Waals surface area contributed by atoms with Crippen molar-refractivity contribution in [1.29, 1.82) is 0 Å². The van der Waals surface area contributed by atoms with Crippen molar-refractivity contribution in [3.63, 3.8) is 0 Å². The Hall–Kier alpha value is -3.47. The molecule has 1 saturated heterocycles. The summed E-state index contributed by atoms with van der Waals surface area (Å²) in [4.78, 5) is 14.0. The van der Waals surface area contributed by atoms with Crippen LogP contribution in [-0.4, -0.2) is 22.2 Å². The first-order valence-corrected chi connectivity index (χ1v) is 8.98. The van der Waals surface area contributed by atoms with Gasteiger partial charge < -0.3 is 10.4 Å². The summed E-state index contributed by atoms with van der Waals surface area (Å²) in [7, 11) is 0. The number of allylic oxidation sites excluding steroid dienone is 13. The summed E-state index contributed by atoms with van der Waals surface area (Å²) in [5.74, 6) is 0.253. The normalized spacial score (nSPS) is 24.3. The van der Waals surface area contributed by atoms with E-state index in [-0.39, 0.29) is 5.76 Å². The average molecular weight is 354 g/mol. The molecule has 5 nitrogen and oxygen atoms in total. The fourth-order valence-corrected chi connectivity index (χ4v) is 3.50. The summed E-state index contributed by atoms with van der Waals surface area (Å²) in [6.07, 6.45) is 19.7. The van der Waals surface area contributed by atoms with Crippen molar-refractivity contribution >= 4 is 17.1 Å². The molecule has 0 aliphatic carbocycles. The molecule has 27 heavy (non-hydrogen) atoms. The highest BCUT2D eigenvalue weighted by atomic mass is 16.3. The third-order valence-corrected chi connectivity index (χ3v) is 4.78. The van der Waals surface area contributed by atoms with Gasteiger partial charge in [-0.1, -0.05) is 0 Å². The van der Waals surface area contributed by atoms with Crippen LogP contribution in [0, 0.1) is 0 Å². The highest BCUT2D eigenvalue weighted by Crippen LogP contribution is 2.27. The molecule has 0 aromatic heterocycles. The van der Waals surface area contributed by atoms with E-state index in [4.69, 9.17) is 0 Å². The molecule has 2 N–H and O–H groups in total. The Morgan fingerprint density at radius 1 is 0.778 bits per heavy atom. The van der Waals surface area contributed by atoms with E-state index in [0.717, 1.165) is 64.0 Å². The second-order valence-corrected chi connectivity index (χ2v) is 6.91. The monoisotopic (exact) mass is 354 g/mol. The van der Waals surface area contributed by atoms with Gasteiger partial charge in [0.1, 0.15) is 0 Å². The third-order valence-electron chi connectivity index (χ3n) is 4.78. The van der Waals surface area contributed by atoms with Gasteiger partial charge in [-0.3, -0.25) is 0 Å². The fourth-order valence-electron chi connectivity index (χ4n) is 3.50. The number of fused-ring (bicyclic) bond motifs is 5. The lowest BCUT2D eigenvalue weighted by atomic mass is 10.1. The zero-order chi connectivity index (χ0) is 18.4. The van der Waals surface area contributed by atoms with Gasteiger partial charge in [0.15, 0.2) is 0 Å². The summed E-state index contributed by atoms with van der Waals surface area (Å²) in [6.45, 7) is 1.68. The van der Waals surface area contributed by atoms with E-state index >= 15 is 0 Å². The Labute approximate surface area is 157 Å². The van der Waals surface area contributed by atoms with Crippen molar-refractivity contribution in [3.8, 4) is 0 Å². The zero-order valence-electron chi connectivity index (χ0n) is 14.9. The van der Waals surface area contributed by atoms with Crippen LogP contribution in [0.2, 0.25) is 0 Å². The van der Waals surface area contributed by atoms with Crippen LogP contribution in [0.5, 0.6) is 0 Å². The lowest BCUT2D eigenvalue weighted by Gasteiger charge is -2.00. The number of aliphatic imine (C=N–C) groups is 3. The maximum Gasteiger partial charge on any atom is 0.0986 e. The van der Waals surface area contributed by atoms with Crippen LogP contribution in [0.15, 0.2) is 109 Å². The minimum Gasteiger partial charge on any atom is -0.512 e. The van der Waals surface area contributed by atoms with Crippen molar-refractivity contribution in [2.75, 3.05) is 0 Å².